The van der Waals surface area contributed by atoms with Gasteiger partial charge in [-0.05, 0) is 31.9 Å². The lowest BCUT2D eigenvalue weighted by atomic mass is 10.1. The molecular formula is C16H22ClN3. The first-order valence-electron chi connectivity index (χ1n) is 7.08. The number of benzene rings is 1. The van der Waals surface area contributed by atoms with Crippen molar-refractivity contribution in [1.29, 1.82) is 0 Å². The van der Waals surface area contributed by atoms with Gasteiger partial charge in [-0.15, -0.1) is 0 Å². The van der Waals surface area contributed by atoms with Gasteiger partial charge < -0.3 is 4.98 Å². The normalized spacial score (nSPS) is 12.8. The highest BCUT2D eigenvalue weighted by molar-refractivity contribution is 6.31. The van der Waals surface area contributed by atoms with Gasteiger partial charge in [0.1, 0.15) is 5.82 Å². The third kappa shape index (κ3) is 3.84. The lowest BCUT2D eigenvalue weighted by Crippen LogP contribution is -2.31. The van der Waals surface area contributed by atoms with Gasteiger partial charge in [0, 0.05) is 36.0 Å². The summed E-state index contributed by atoms with van der Waals surface area (Å²) in [7, 11) is 0. The number of rotatable bonds is 6. The van der Waals surface area contributed by atoms with Crippen molar-refractivity contribution in [3.8, 4) is 0 Å². The van der Waals surface area contributed by atoms with Gasteiger partial charge >= 0.3 is 0 Å². The first-order valence-corrected chi connectivity index (χ1v) is 7.46. The molecule has 0 bridgehead atoms. The van der Waals surface area contributed by atoms with Gasteiger partial charge in [0.25, 0.3) is 0 Å². The number of nitrogens with one attached hydrogen (secondary N) is 1. The minimum atomic E-state index is 0.495. The van der Waals surface area contributed by atoms with E-state index < -0.39 is 0 Å². The molecule has 0 saturated heterocycles. The molecule has 1 aromatic heterocycles. The second-order valence-corrected chi connectivity index (χ2v) is 5.65. The van der Waals surface area contributed by atoms with Crippen LogP contribution < -0.4 is 0 Å². The van der Waals surface area contributed by atoms with Crippen LogP contribution in [0.15, 0.2) is 30.5 Å². The van der Waals surface area contributed by atoms with E-state index in [4.69, 9.17) is 11.6 Å². The fourth-order valence-corrected chi connectivity index (χ4v) is 2.44. The Hall–Kier alpha value is -1.32. The van der Waals surface area contributed by atoms with Crippen LogP contribution in [0.2, 0.25) is 5.02 Å². The van der Waals surface area contributed by atoms with Crippen molar-refractivity contribution < 1.29 is 0 Å². The maximum atomic E-state index is 6.28. The van der Waals surface area contributed by atoms with E-state index in [1.807, 2.05) is 31.3 Å². The number of hydrogen-bond donors (Lipinski definition) is 1. The zero-order valence-corrected chi connectivity index (χ0v) is 13.1. The fraction of sp³-hybridized carbons (Fsp3) is 0.438. The molecule has 0 saturated carbocycles. The Kier molecular flexibility index (Phi) is 5.21. The predicted octanol–water partition coefficient (Wildman–Crippen LogP) is 4.17. The van der Waals surface area contributed by atoms with Gasteiger partial charge in [0.05, 0.1) is 0 Å². The molecule has 20 heavy (non-hydrogen) atoms. The standard InChI is InChI=1S/C16H22ClN3/c1-4-12(2)20(11-15-9-18-13(3)19-15)10-14-7-5-6-8-16(14)17/h5-9,12H,4,10-11H2,1-3H3,(H,18,19)/t12-/m1/s1. The van der Waals surface area contributed by atoms with Crippen LogP contribution in [0.25, 0.3) is 0 Å². The highest BCUT2D eigenvalue weighted by Crippen LogP contribution is 2.20. The van der Waals surface area contributed by atoms with Crippen LogP contribution in [0.1, 0.15) is 37.4 Å². The summed E-state index contributed by atoms with van der Waals surface area (Å²) in [6, 6.07) is 8.55. The Balaban J connectivity index is 2.13. The second-order valence-electron chi connectivity index (χ2n) is 5.25. The first-order chi connectivity index (χ1) is 9.60. The Morgan fingerprint density at radius 2 is 2.05 bits per heavy atom. The molecule has 1 N–H and O–H groups in total. The van der Waals surface area contributed by atoms with E-state index in [0.717, 1.165) is 36.1 Å². The number of nitrogens with zero attached hydrogens (tertiary/aromatic N) is 2. The number of imidazole rings is 1. The van der Waals surface area contributed by atoms with Gasteiger partial charge in [-0.3, -0.25) is 4.90 Å². The zero-order chi connectivity index (χ0) is 14.5. The summed E-state index contributed by atoms with van der Waals surface area (Å²) in [5.74, 6) is 0.960. The van der Waals surface area contributed by atoms with Crippen LogP contribution in [-0.4, -0.2) is 20.9 Å². The number of aromatic nitrogens is 2. The molecule has 0 aliphatic carbocycles. The van der Waals surface area contributed by atoms with E-state index in [1.165, 1.54) is 5.56 Å². The van der Waals surface area contributed by atoms with Crippen LogP contribution in [-0.2, 0) is 13.1 Å². The van der Waals surface area contributed by atoms with Crippen molar-refractivity contribution in [3.63, 3.8) is 0 Å². The summed E-state index contributed by atoms with van der Waals surface area (Å²) in [6.07, 6.45) is 3.02. The van der Waals surface area contributed by atoms with Gasteiger partial charge in [0.2, 0.25) is 0 Å². The van der Waals surface area contributed by atoms with Crippen LogP contribution in [0, 0.1) is 6.92 Å². The Morgan fingerprint density at radius 1 is 1.30 bits per heavy atom. The molecule has 1 aromatic carbocycles. The number of halogens is 1. The Bertz CT molecular complexity index is 550. The van der Waals surface area contributed by atoms with Crippen molar-refractivity contribution in [2.45, 2.75) is 46.3 Å². The maximum Gasteiger partial charge on any atom is 0.103 e. The fourth-order valence-electron chi connectivity index (χ4n) is 2.24. The molecule has 1 atom stereocenters. The highest BCUT2D eigenvalue weighted by atomic mass is 35.5. The van der Waals surface area contributed by atoms with Gasteiger partial charge in [0.15, 0.2) is 0 Å². The first kappa shape index (κ1) is 15.1. The van der Waals surface area contributed by atoms with E-state index in [2.05, 4.69) is 34.8 Å². The molecule has 1 heterocycles. The lowest BCUT2D eigenvalue weighted by Gasteiger charge is -2.28. The van der Waals surface area contributed by atoms with Crippen LogP contribution in [0.3, 0.4) is 0 Å². The van der Waals surface area contributed by atoms with Crippen LogP contribution >= 0.6 is 11.6 Å². The molecule has 2 aromatic rings. The average Bonchev–Trinajstić information content (AvgIpc) is 2.85. The lowest BCUT2D eigenvalue weighted by molar-refractivity contribution is 0.184. The second kappa shape index (κ2) is 6.91. The summed E-state index contributed by atoms with van der Waals surface area (Å²) < 4.78 is 0. The van der Waals surface area contributed by atoms with E-state index in [0.29, 0.717) is 6.04 Å². The molecule has 0 spiro atoms. The molecule has 4 heteroatoms. The van der Waals surface area contributed by atoms with Crippen molar-refractivity contribution in [3.05, 3.63) is 52.6 Å². The summed E-state index contributed by atoms with van der Waals surface area (Å²) in [5.41, 5.74) is 2.32. The van der Waals surface area contributed by atoms with Crippen molar-refractivity contribution in [1.82, 2.24) is 14.9 Å². The molecule has 0 fully saturated rings. The average molecular weight is 292 g/mol. The monoisotopic (exact) mass is 291 g/mol. The van der Waals surface area contributed by atoms with Crippen molar-refractivity contribution in [2.24, 2.45) is 0 Å². The molecule has 3 nitrogen and oxygen atoms in total. The van der Waals surface area contributed by atoms with Crippen molar-refractivity contribution in [2.75, 3.05) is 0 Å². The topological polar surface area (TPSA) is 31.9 Å². The largest absolute Gasteiger partial charge is 0.345 e. The minimum absolute atomic E-state index is 0.495. The zero-order valence-electron chi connectivity index (χ0n) is 12.4. The number of H-pyrrole nitrogens is 1. The van der Waals surface area contributed by atoms with Crippen molar-refractivity contribution >= 4 is 11.6 Å². The summed E-state index contributed by atoms with van der Waals surface area (Å²) in [4.78, 5) is 10.00. The summed E-state index contributed by atoms with van der Waals surface area (Å²) >= 11 is 6.28. The third-order valence-electron chi connectivity index (χ3n) is 3.67. The molecule has 0 amide bonds. The van der Waals surface area contributed by atoms with Gasteiger partial charge in [-0.1, -0.05) is 36.7 Å². The van der Waals surface area contributed by atoms with E-state index >= 15 is 0 Å². The van der Waals surface area contributed by atoms with Crippen LogP contribution in [0.4, 0.5) is 0 Å². The quantitative estimate of drug-likeness (QED) is 0.866. The highest BCUT2D eigenvalue weighted by Gasteiger charge is 2.15. The number of aryl methyl sites for hydroxylation is 1. The molecule has 0 aliphatic rings. The maximum absolute atomic E-state index is 6.28. The number of aromatic amines is 1. The van der Waals surface area contributed by atoms with Gasteiger partial charge in [-0.25, -0.2) is 4.98 Å². The summed E-state index contributed by atoms with van der Waals surface area (Å²) in [5, 5.41) is 0.835. The third-order valence-corrected chi connectivity index (χ3v) is 4.04. The van der Waals surface area contributed by atoms with E-state index in [-0.39, 0.29) is 0 Å². The minimum Gasteiger partial charge on any atom is -0.345 e. The molecule has 0 unspecified atom stereocenters. The van der Waals surface area contributed by atoms with Gasteiger partial charge in [-0.2, -0.15) is 0 Å². The SMILES string of the molecule is CC[C@@H](C)N(Cc1cnc(C)[nH]1)Cc1ccccc1Cl. The molecular weight excluding hydrogens is 270 g/mol. The predicted molar refractivity (Wildman–Crippen MR) is 83.8 cm³/mol. The smallest absolute Gasteiger partial charge is 0.103 e. The molecule has 2 rings (SSSR count). The van der Waals surface area contributed by atoms with Crippen LogP contribution in [0.5, 0.6) is 0 Å². The molecule has 0 aliphatic heterocycles. The Morgan fingerprint density at radius 3 is 2.65 bits per heavy atom. The molecule has 0 radical (unpaired) electrons. The van der Waals surface area contributed by atoms with E-state index in [9.17, 15) is 0 Å². The number of hydrogen-bond acceptors (Lipinski definition) is 2. The summed E-state index contributed by atoms with van der Waals surface area (Å²) in [6.45, 7) is 8.15. The Labute approximate surface area is 126 Å². The molecule has 108 valence electrons. The van der Waals surface area contributed by atoms with E-state index in [1.54, 1.807) is 0 Å².